The van der Waals surface area contributed by atoms with Crippen LogP contribution in [0.1, 0.15) is 21.5 Å². The van der Waals surface area contributed by atoms with E-state index < -0.39 is 5.82 Å². The van der Waals surface area contributed by atoms with Gasteiger partial charge in [-0.2, -0.15) is 0 Å². The highest BCUT2D eigenvalue weighted by Crippen LogP contribution is 2.36. The lowest BCUT2D eigenvalue weighted by Crippen LogP contribution is -1.99. The maximum Gasteiger partial charge on any atom is 0.231 e. The van der Waals surface area contributed by atoms with Crippen LogP contribution in [-0.2, 0) is 6.61 Å². The van der Waals surface area contributed by atoms with E-state index in [0.29, 0.717) is 32.7 Å². The lowest BCUT2D eigenvalue weighted by atomic mass is 10.1. The zero-order chi connectivity index (χ0) is 20.5. The summed E-state index contributed by atoms with van der Waals surface area (Å²) < 4.78 is 25.4. The Morgan fingerprint density at radius 3 is 2.38 bits per heavy atom. The van der Waals surface area contributed by atoms with Gasteiger partial charge >= 0.3 is 0 Å². The zero-order valence-electron chi connectivity index (χ0n) is 14.7. The Hall–Kier alpha value is -2.53. The van der Waals surface area contributed by atoms with Crippen molar-refractivity contribution in [3.8, 4) is 11.5 Å². The molecule has 3 aromatic rings. The number of carbonyl (C=O) groups excluding carboxylic acids is 1. The van der Waals surface area contributed by atoms with Gasteiger partial charge in [-0.05, 0) is 42.5 Å². The number of fused-ring (bicyclic) bond motifs is 1. The molecule has 0 amide bonds. The number of halogens is 4. The molecule has 0 atom stereocenters. The molecular formula is C22H12Cl3FO3. The first kappa shape index (κ1) is 19.8. The van der Waals surface area contributed by atoms with Gasteiger partial charge in [0.05, 0.1) is 10.6 Å². The normalized spacial score (nSPS) is 14.1. The number of rotatable bonds is 4. The summed E-state index contributed by atoms with van der Waals surface area (Å²) in [6.07, 6.45) is 1.30. The van der Waals surface area contributed by atoms with Crippen molar-refractivity contribution in [3.05, 3.63) is 97.9 Å². The Morgan fingerprint density at radius 2 is 1.66 bits per heavy atom. The van der Waals surface area contributed by atoms with Gasteiger partial charge in [-0.3, -0.25) is 4.79 Å². The number of hydrogen-bond donors (Lipinski definition) is 0. The number of allylic oxidation sites excluding steroid dienone is 1. The fraction of sp³-hybridized carbons (Fsp3) is 0.0455. The summed E-state index contributed by atoms with van der Waals surface area (Å²) in [5.41, 5.74) is 1.10. The van der Waals surface area contributed by atoms with Crippen molar-refractivity contribution < 1.29 is 18.7 Å². The number of carbonyl (C=O) groups is 1. The summed E-state index contributed by atoms with van der Waals surface area (Å²) in [6.45, 7) is 0.152. The molecule has 0 bridgehead atoms. The molecule has 0 spiro atoms. The van der Waals surface area contributed by atoms with Crippen molar-refractivity contribution in [1.82, 2.24) is 0 Å². The molecule has 7 heteroatoms. The highest BCUT2D eigenvalue weighted by molar-refractivity contribution is 6.36. The number of Topliss-reactive ketones (excluding diaryl/α,β-unsaturated/α-hetero) is 1. The monoisotopic (exact) mass is 448 g/mol. The van der Waals surface area contributed by atoms with Gasteiger partial charge in [-0.25, -0.2) is 4.39 Å². The van der Waals surface area contributed by atoms with Crippen molar-refractivity contribution >= 4 is 46.7 Å². The van der Waals surface area contributed by atoms with Crippen LogP contribution in [0.3, 0.4) is 0 Å². The molecule has 0 radical (unpaired) electrons. The van der Waals surface area contributed by atoms with Gasteiger partial charge in [0.2, 0.25) is 5.78 Å². The van der Waals surface area contributed by atoms with Gasteiger partial charge in [0, 0.05) is 27.2 Å². The van der Waals surface area contributed by atoms with Gasteiger partial charge in [0.1, 0.15) is 23.9 Å². The summed E-state index contributed by atoms with van der Waals surface area (Å²) in [6, 6.07) is 14.3. The van der Waals surface area contributed by atoms with E-state index >= 15 is 0 Å². The first-order chi connectivity index (χ1) is 13.9. The highest BCUT2D eigenvalue weighted by atomic mass is 35.5. The van der Waals surface area contributed by atoms with E-state index in [0.717, 1.165) is 0 Å². The first-order valence-corrected chi connectivity index (χ1v) is 9.65. The fourth-order valence-electron chi connectivity index (χ4n) is 2.86. The predicted molar refractivity (Wildman–Crippen MR) is 112 cm³/mol. The smallest absolute Gasteiger partial charge is 0.231 e. The van der Waals surface area contributed by atoms with Gasteiger partial charge in [0.25, 0.3) is 0 Å². The van der Waals surface area contributed by atoms with E-state index in [1.165, 1.54) is 24.3 Å². The molecule has 3 aromatic carbocycles. The summed E-state index contributed by atoms with van der Waals surface area (Å²) in [7, 11) is 0. The van der Waals surface area contributed by atoms with Crippen LogP contribution in [0.5, 0.6) is 11.5 Å². The highest BCUT2D eigenvalue weighted by Gasteiger charge is 2.28. The molecular weight excluding hydrogens is 438 g/mol. The molecule has 3 nitrogen and oxygen atoms in total. The lowest BCUT2D eigenvalue weighted by Gasteiger charge is -2.10. The van der Waals surface area contributed by atoms with E-state index in [-0.39, 0.29) is 28.7 Å². The summed E-state index contributed by atoms with van der Waals surface area (Å²) in [4.78, 5) is 12.6. The van der Waals surface area contributed by atoms with Crippen molar-refractivity contribution in [1.29, 1.82) is 0 Å². The molecule has 0 unspecified atom stereocenters. The topological polar surface area (TPSA) is 35.5 Å². The summed E-state index contributed by atoms with van der Waals surface area (Å²) in [5, 5.41) is 1.18. The number of benzene rings is 3. The molecule has 1 aliphatic heterocycles. The van der Waals surface area contributed by atoms with Crippen LogP contribution >= 0.6 is 34.8 Å². The number of ketones is 1. The molecule has 0 fully saturated rings. The van der Waals surface area contributed by atoms with Crippen molar-refractivity contribution in [2.45, 2.75) is 6.61 Å². The minimum absolute atomic E-state index is 0.0155. The Kier molecular flexibility index (Phi) is 5.50. The third-order valence-corrected chi connectivity index (χ3v) is 5.40. The average Bonchev–Trinajstić information content (AvgIpc) is 2.99. The van der Waals surface area contributed by atoms with Crippen LogP contribution in [0.2, 0.25) is 15.1 Å². The number of ether oxygens (including phenoxy) is 2. The van der Waals surface area contributed by atoms with Crippen molar-refractivity contribution in [3.63, 3.8) is 0 Å². The van der Waals surface area contributed by atoms with E-state index in [1.807, 2.05) is 0 Å². The fourth-order valence-corrected chi connectivity index (χ4v) is 3.59. The summed E-state index contributed by atoms with van der Waals surface area (Å²) in [5.74, 6) is -0.134. The Balaban J connectivity index is 1.57. The zero-order valence-corrected chi connectivity index (χ0v) is 17.0. The molecule has 29 heavy (non-hydrogen) atoms. The predicted octanol–water partition coefficient (Wildman–Crippen LogP) is 6.98. The SMILES string of the molecule is O=C1/C(=C/c2c(F)cccc2Cl)Oc2cc(OCc3c(Cl)cccc3Cl)ccc21. The Bertz CT molecular complexity index is 1120. The maximum absolute atomic E-state index is 14.0. The molecule has 0 saturated carbocycles. The molecule has 1 aliphatic rings. The Labute approximate surface area is 181 Å². The third-order valence-electron chi connectivity index (χ3n) is 4.36. The van der Waals surface area contributed by atoms with Crippen molar-refractivity contribution in [2.24, 2.45) is 0 Å². The second-order valence-electron chi connectivity index (χ2n) is 6.22. The van der Waals surface area contributed by atoms with Crippen LogP contribution < -0.4 is 9.47 Å². The molecule has 0 N–H and O–H groups in total. The van der Waals surface area contributed by atoms with E-state index in [1.54, 1.807) is 36.4 Å². The van der Waals surface area contributed by atoms with Crippen LogP contribution in [-0.4, -0.2) is 5.78 Å². The van der Waals surface area contributed by atoms with Crippen LogP contribution in [0.15, 0.2) is 60.4 Å². The molecule has 1 heterocycles. The molecule has 0 saturated heterocycles. The largest absolute Gasteiger partial charge is 0.489 e. The quantitative estimate of drug-likeness (QED) is 0.403. The van der Waals surface area contributed by atoms with Gasteiger partial charge < -0.3 is 9.47 Å². The lowest BCUT2D eigenvalue weighted by molar-refractivity contribution is 0.101. The average molecular weight is 450 g/mol. The van der Waals surface area contributed by atoms with E-state index in [2.05, 4.69) is 0 Å². The molecule has 0 aromatic heterocycles. The minimum atomic E-state index is -0.544. The molecule has 0 aliphatic carbocycles. The van der Waals surface area contributed by atoms with Crippen LogP contribution in [0.4, 0.5) is 4.39 Å². The summed E-state index contributed by atoms with van der Waals surface area (Å²) >= 11 is 18.3. The van der Waals surface area contributed by atoms with E-state index in [4.69, 9.17) is 44.3 Å². The maximum atomic E-state index is 14.0. The second-order valence-corrected chi connectivity index (χ2v) is 7.44. The van der Waals surface area contributed by atoms with Crippen LogP contribution in [0, 0.1) is 5.82 Å². The molecule has 4 rings (SSSR count). The third kappa shape index (κ3) is 3.97. The van der Waals surface area contributed by atoms with Gasteiger partial charge in [-0.1, -0.05) is 46.9 Å². The van der Waals surface area contributed by atoms with Gasteiger partial charge in [-0.15, -0.1) is 0 Å². The first-order valence-electron chi connectivity index (χ1n) is 8.52. The van der Waals surface area contributed by atoms with Crippen molar-refractivity contribution in [2.75, 3.05) is 0 Å². The van der Waals surface area contributed by atoms with Crippen LogP contribution in [0.25, 0.3) is 6.08 Å². The second kappa shape index (κ2) is 8.07. The molecule has 146 valence electrons. The van der Waals surface area contributed by atoms with E-state index in [9.17, 15) is 9.18 Å². The Morgan fingerprint density at radius 1 is 0.966 bits per heavy atom. The van der Waals surface area contributed by atoms with Gasteiger partial charge in [0.15, 0.2) is 5.76 Å². The minimum Gasteiger partial charge on any atom is -0.489 e. The number of hydrogen-bond acceptors (Lipinski definition) is 3. The standard InChI is InChI=1S/C22H12Cl3FO3/c23-16-5-2-6-19(26)14(16)10-21-22(27)13-8-7-12(9-20(13)29-21)28-11-15-17(24)3-1-4-18(15)25/h1-10H,11H2/b21-10-.